The van der Waals surface area contributed by atoms with Crippen LogP contribution in [-0.2, 0) is 17.4 Å². The molecule has 2 heterocycles. The van der Waals surface area contributed by atoms with Gasteiger partial charge < -0.3 is 0 Å². The molecule has 0 spiro atoms. The van der Waals surface area contributed by atoms with Crippen LogP contribution in [0.2, 0.25) is 4.71 Å². The summed E-state index contributed by atoms with van der Waals surface area (Å²) in [5, 5.41) is 6.96. The molecule has 1 aromatic heterocycles. The number of benzene rings is 2. The molecule has 0 bridgehead atoms. The van der Waals surface area contributed by atoms with Crippen molar-refractivity contribution in [3.8, 4) is 10.4 Å². The van der Waals surface area contributed by atoms with Crippen LogP contribution < -0.4 is 10.6 Å². The van der Waals surface area contributed by atoms with Gasteiger partial charge in [-0.1, -0.05) is 0 Å². The van der Waals surface area contributed by atoms with Gasteiger partial charge in [0.15, 0.2) is 0 Å². The van der Waals surface area contributed by atoms with Gasteiger partial charge >= 0.3 is 191 Å². The first kappa shape index (κ1) is 21.9. The van der Waals surface area contributed by atoms with Gasteiger partial charge in [-0.25, -0.2) is 0 Å². The Morgan fingerprint density at radius 2 is 1.97 bits per heavy atom. The van der Waals surface area contributed by atoms with E-state index in [9.17, 15) is 18.0 Å². The zero-order valence-corrected chi connectivity index (χ0v) is 19.2. The van der Waals surface area contributed by atoms with Crippen LogP contribution in [-0.4, -0.2) is 34.3 Å². The molecule has 0 aliphatic carbocycles. The summed E-state index contributed by atoms with van der Waals surface area (Å²) in [6.45, 7) is 2.52. The number of hydrogen-bond acceptors (Lipinski definition) is 4. The first-order chi connectivity index (χ1) is 14.7. The van der Waals surface area contributed by atoms with E-state index < -0.39 is 11.7 Å². The van der Waals surface area contributed by atoms with Crippen LogP contribution in [0.4, 0.5) is 24.0 Å². The van der Waals surface area contributed by atoms with Gasteiger partial charge in [0.05, 0.1) is 0 Å². The van der Waals surface area contributed by atoms with Gasteiger partial charge in [0.1, 0.15) is 0 Å². The van der Waals surface area contributed by atoms with Gasteiger partial charge in [0, 0.05) is 0 Å². The number of rotatable bonds is 6. The second-order valence-electron chi connectivity index (χ2n) is 7.48. The molecule has 0 saturated carbocycles. The number of amides is 1. The zero-order valence-electron chi connectivity index (χ0n) is 16.5. The van der Waals surface area contributed by atoms with E-state index in [-0.39, 0.29) is 16.5 Å². The third kappa shape index (κ3) is 4.96. The fraction of sp³-hybridized carbons (Fsp3) is 0.273. The van der Waals surface area contributed by atoms with E-state index in [2.05, 4.69) is 32.5 Å². The van der Waals surface area contributed by atoms with Crippen molar-refractivity contribution in [2.24, 2.45) is 0 Å². The molecule has 160 valence electrons. The van der Waals surface area contributed by atoms with Crippen molar-refractivity contribution < 1.29 is 18.0 Å². The maximum absolute atomic E-state index is 12.7. The molecular weight excluding hydrogens is 486 g/mol. The van der Waals surface area contributed by atoms with E-state index in [0.29, 0.717) is 13.0 Å². The van der Waals surface area contributed by atoms with Crippen LogP contribution in [0, 0.1) is 0 Å². The summed E-state index contributed by atoms with van der Waals surface area (Å²) in [7, 11) is 0. The van der Waals surface area contributed by atoms with Crippen LogP contribution >= 0.6 is 11.3 Å². The summed E-state index contributed by atoms with van der Waals surface area (Å²) in [4.78, 5) is 17.3. The first-order valence-electron chi connectivity index (χ1n) is 9.70. The Morgan fingerprint density at radius 3 is 2.68 bits per heavy atom. The molecule has 2 N–H and O–H groups in total. The number of halogens is 3. The average Bonchev–Trinajstić information content (AvgIpc) is 3.31. The summed E-state index contributed by atoms with van der Waals surface area (Å²) >= 11 is 4.09. The first-order valence-corrected chi connectivity index (χ1v) is 11.6. The van der Waals surface area contributed by atoms with E-state index in [0.717, 1.165) is 44.5 Å². The van der Waals surface area contributed by atoms with Crippen LogP contribution in [0.25, 0.3) is 10.4 Å². The molecule has 4 nitrogen and oxygen atoms in total. The van der Waals surface area contributed by atoms with Crippen molar-refractivity contribution in [3.05, 3.63) is 65.4 Å². The SMILES string of the molecule is CC1C(=O)Nc2ccc(-c3cnc(NCC([As])Cc4ccc(C(F)(F)F)cc4)s3)cc21. The van der Waals surface area contributed by atoms with Gasteiger partial charge in [-0.05, 0) is 0 Å². The Kier molecular flexibility index (Phi) is 6.13. The number of fused-ring (bicyclic) bond motifs is 1. The van der Waals surface area contributed by atoms with Crippen LogP contribution in [0.1, 0.15) is 29.5 Å². The van der Waals surface area contributed by atoms with E-state index >= 15 is 0 Å². The second kappa shape index (κ2) is 8.67. The zero-order chi connectivity index (χ0) is 22.2. The van der Waals surface area contributed by atoms with E-state index in [1.165, 1.54) is 23.5 Å². The third-order valence-electron chi connectivity index (χ3n) is 5.20. The van der Waals surface area contributed by atoms with E-state index in [4.69, 9.17) is 0 Å². The number of aromatic nitrogens is 1. The van der Waals surface area contributed by atoms with Gasteiger partial charge in [0.2, 0.25) is 0 Å². The molecule has 2 unspecified atom stereocenters. The quantitative estimate of drug-likeness (QED) is 0.436. The minimum atomic E-state index is -4.31. The van der Waals surface area contributed by atoms with Crippen molar-refractivity contribution in [1.82, 2.24) is 4.98 Å². The number of hydrogen-bond donors (Lipinski definition) is 2. The molecule has 0 fully saturated rings. The number of nitrogens with zero attached hydrogens (tertiary/aromatic N) is 1. The fourth-order valence-electron chi connectivity index (χ4n) is 3.44. The molecule has 1 amide bonds. The third-order valence-corrected chi connectivity index (χ3v) is 6.97. The Morgan fingerprint density at radius 1 is 1.23 bits per heavy atom. The van der Waals surface area contributed by atoms with Gasteiger partial charge in [-0.2, -0.15) is 0 Å². The maximum atomic E-state index is 12.7. The molecule has 2 aromatic carbocycles. The predicted octanol–water partition coefficient (Wildman–Crippen LogP) is 5.50. The molecule has 3 aromatic rings. The van der Waals surface area contributed by atoms with Crippen molar-refractivity contribution in [3.63, 3.8) is 0 Å². The number of alkyl halides is 3. The number of thiazole rings is 1. The molecule has 1 aliphatic heterocycles. The van der Waals surface area contributed by atoms with Gasteiger partial charge in [-0.15, -0.1) is 0 Å². The van der Waals surface area contributed by atoms with Crippen molar-refractivity contribution in [2.75, 3.05) is 17.2 Å². The van der Waals surface area contributed by atoms with E-state index in [1.807, 2.05) is 25.1 Å². The molecule has 4 rings (SSSR count). The Bertz CT molecular complexity index is 1100. The number of anilines is 2. The number of nitrogens with one attached hydrogen (secondary N) is 2. The van der Waals surface area contributed by atoms with Gasteiger partial charge in [0.25, 0.3) is 0 Å². The summed E-state index contributed by atoms with van der Waals surface area (Å²) in [5.41, 5.74) is 3.09. The molecular formula is C22H19AsF3N3OS. The second-order valence-corrected chi connectivity index (χ2v) is 10.0. The summed E-state index contributed by atoms with van der Waals surface area (Å²) < 4.78 is 38.2. The Hall–Kier alpha value is -2.31. The monoisotopic (exact) mass is 505 g/mol. The molecule has 1 aliphatic rings. The minimum absolute atomic E-state index is 0.0129. The van der Waals surface area contributed by atoms with Crippen LogP contribution in [0.5, 0.6) is 0 Å². The van der Waals surface area contributed by atoms with Crippen molar-refractivity contribution >= 4 is 44.9 Å². The number of carbonyl (C=O) groups is 1. The summed E-state index contributed by atoms with van der Waals surface area (Å²) in [6, 6.07) is 11.2. The van der Waals surface area contributed by atoms with Gasteiger partial charge in [-0.3, -0.25) is 0 Å². The van der Waals surface area contributed by atoms with Crippen LogP contribution in [0.3, 0.4) is 0 Å². The topological polar surface area (TPSA) is 54.0 Å². The molecule has 2 radical (unpaired) electrons. The fourth-order valence-corrected chi connectivity index (χ4v) is 4.89. The van der Waals surface area contributed by atoms with Crippen LogP contribution in [0.15, 0.2) is 48.7 Å². The predicted molar refractivity (Wildman–Crippen MR) is 118 cm³/mol. The molecule has 0 saturated heterocycles. The molecule has 2 atom stereocenters. The standard InChI is InChI=1S/C22H19AsF3N3OS/c1-12-17-9-14(4-7-18(17)29-20(12)30)19-11-28-21(31-19)27-10-16(23)8-13-2-5-15(6-3-13)22(24,25)26/h2-7,9,11-12,16H,8,10H2,1H3,(H,27,28)(H,29,30). The Labute approximate surface area is 190 Å². The normalized spacial score (nSPS) is 16.7. The summed E-state index contributed by atoms with van der Waals surface area (Å²) in [5.74, 6) is -0.150. The average molecular weight is 505 g/mol. The Balaban J connectivity index is 1.35. The van der Waals surface area contributed by atoms with E-state index in [1.54, 1.807) is 6.20 Å². The molecule has 31 heavy (non-hydrogen) atoms. The van der Waals surface area contributed by atoms with Crippen molar-refractivity contribution in [2.45, 2.75) is 30.1 Å². The number of carbonyl (C=O) groups excluding carboxylic acids is 1. The molecule has 9 heteroatoms. The summed E-state index contributed by atoms with van der Waals surface area (Å²) in [6.07, 6.45) is -1.86. The van der Waals surface area contributed by atoms with Crippen molar-refractivity contribution in [1.29, 1.82) is 0 Å².